The number of ether oxygens (including phenoxy) is 2. The number of carbonyl (C=O) groups is 1. The van der Waals surface area contributed by atoms with E-state index in [1.807, 2.05) is 10.8 Å². The van der Waals surface area contributed by atoms with Gasteiger partial charge < -0.3 is 24.0 Å². The summed E-state index contributed by atoms with van der Waals surface area (Å²) in [5.74, 6) is -0.379. The van der Waals surface area contributed by atoms with E-state index < -0.39 is 12.3 Å². The molecule has 1 N–H and O–H groups in total. The Labute approximate surface area is 246 Å². The third-order valence-corrected chi connectivity index (χ3v) is 9.88. The maximum atomic E-state index is 13.1. The normalized spacial score (nSPS) is 22.1. The number of para-hydroxylation sites is 1. The molecule has 220 valence electrons. The molecular weight excluding hydrogens is 591 g/mol. The predicted octanol–water partition coefficient (Wildman–Crippen LogP) is 7.72. The number of aromatic nitrogens is 2. The summed E-state index contributed by atoms with van der Waals surface area (Å²) in [7, 11) is 0. The van der Waals surface area contributed by atoms with Gasteiger partial charge in [0.1, 0.15) is 22.1 Å². The molecule has 0 spiro atoms. The van der Waals surface area contributed by atoms with E-state index in [0.29, 0.717) is 17.0 Å². The highest BCUT2D eigenvalue weighted by Gasteiger charge is 2.43. The Balaban J connectivity index is 1.07. The molecule has 1 aliphatic carbocycles. The molecule has 1 saturated carbocycles. The average Bonchev–Trinajstić information content (AvgIpc) is 3.29. The van der Waals surface area contributed by atoms with Crippen molar-refractivity contribution in [1.29, 1.82) is 0 Å². The summed E-state index contributed by atoms with van der Waals surface area (Å²) in [6.45, 7) is 0.195. The van der Waals surface area contributed by atoms with Gasteiger partial charge in [0.25, 0.3) is 0 Å². The van der Waals surface area contributed by atoms with Gasteiger partial charge in [-0.1, -0.05) is 17.3 Å². The summed E-state index contributed by atoms with van der Waals surface area (Å²) >= 11 is 2.76. The zero-order chi connectivity index (χ0) is 29.0. The SMILES string of the molecule is O=C(O)c1cc(-c2csc(N3[C@@H]4CC[C@H]3C[C@H](OCc3c(-c5ccccc5OC(F)(F)F)noc3C3CC3)C4)n2)cs1. The van der Waals surface area contributed by atoms with Crippen molar-refractivity contribution < 1.29 is 37.1 Å². The maximum Gasteiger partial charge on any atom is 0.573 e. The Morgan fingerprint density at radius 3 is 2.55 bits per heavy atom. The van der Waals surface area contributed by atoms with Gasteiger partial charge in [-0.25, -0.2) is 9.78 Å². The number of nitrogens with zero attached hydrogens (tertiary/aromatic N) is 3. The molecule has 13 heteroatoms. The van der Waals surface area contributed by atoms with Crippen LogP contribution in [0, 0.1) is 0 Å². The van der Waals surface area contributed by atoms with Gasteiger partial charge in [-0.2, -0.15) is 0 Å². The maximum absolute atomic E-state index is 13.1. The van der Waals surface area contributed by atoms with E-state index in [0.717, 1.165) is 54.9 Å². The summed E-state index contributed by atoms with van der Waals surface area (Å²) in [6, 6.07) is 8.15. The molecule has 42 heavy (non-hydrogen) atoms. The number of hydrogen-bond donors (Lipinski definition) is 1. The first-order chi connectivity index (χ1) is 20.2. The van der Waals surface area contributed by atoms with Gasteiger partial charge in [0, 0.05) is 45.5 Å². The lowest BCUT2D eigenvalue weighted by atomic mass is 10.00. The Kier molecular flexibility index (Phi) is 6.98. The lowest BCUT2D eigenvalue weighted by Gasteiger charge is -2.38. The standard InChI is InChI=1S/C29H26F3N3O5S2/c30-29(31,32)39-23-4-2-1-3-20(23)25-21(26(40-34-25)15-5-6-15)12-38-19-10-17-7-8-18(11-19)35(17)28-33-22(14-42-28)16-9-24(27(36)37)41-13-16/h1-4,9,13-15,17-19H,5-8,10-12H2,(H,36,37)/t17-,18+,19-. The zero-order valence-corrected chi connectivity index (χ0v) is 23.8. The average molecular weight is 618 g/mol. The first kappa shape index (κ1) is 27.4. The summed E-state index contributed by atoms with van der Waals surface area (Å²) in [5, 5.41) is 18.2. The van der Waals surface area contributed by atoms with Crippen molar-refractivity contribution in [2.45, 2.75) is 75.6 Å². The molecule has 3 fully saturated rings. The van der Waals surface area contributed by atoms with Gasteiger partial charge in [-0.3, -0.25) is 0 Å². The minimum atomic E-state index is -4.83. The number of aromatic carboxylic acids is 1. The van der Waals surface area contributed by atoms with Gasteiger partial charge in [-0.15, -0.1) is 35.8 Å². The van der Waals surface area contributed by atoms with Crippen LogP contribution < -0.4 is 9.64 Å². The highest BCUT2D eigenvalue weighted by molar-refractivity contribution is 7.14. The Morgan fingerprint density at radius 2 is 1.86 bits per heavy atom. The van der Waals surface area contributed by atoms with E-state index in [-0.39, 0.29) is 46.9 Å². The van der Waals surface area contributed by atoms with Crippen LogP contribution in [-0.2, 0) is 11.3 Å². The monoisotopic (exact) mass is 617 g/mol. The number of carboxylic acids is 1. The third-order valence-electron chi connectivity index (χ3n) is 8.11. The number of rotatable bonds is 9. The van der Waals surface area contributed by atoms with Crippen LogP contribution in [0.2, 0.25) is 0 Å². The van der Waals surface area contributed by atoms with Gasteiger partial charge in [-0.05, 0) is 56.7 Å². The third kappa shape index (κ3) is 5.40. The molecule has 0 amide bonds. The van der Waals surface area contributed by atoms with Crippen molar-refractivity contribution in [1.82, 2.24) is 10.1 Å². The van der Waals surface area contributed by atoms with Crippen LogP contribution in [0.15, 0.2) is 45.6 Å². The van der Waals surface area contributed by atoms with Crippen molar-refractivity contribution in [3.63, 3.8) is 0 Å². The summed E-state index contributed by atoms with van der Waals surface area (Å²) in [6.07, 6.45) is 0.703. The van der Waals surface area contributed by atoms with Crippen LogP contribution in [0.25, 0.3) is 22.5 Å². The van der Waals surface area contributed by atoms with E-state index in [4.69, 9.17) is 14.2 Å². The van der Waals surface area contributed by atoms with Crippen LogP contribution in [0.3, 0.4) is 0 Å². The second kappa shape index (κ2) is 10.7. The quantitative estimate of drug-likeness (QED) is 0.204. The predicted molar refractivity (Wildman–Crippen MR) is 150 cm³/mol. The fourth-order valence-electron chi connectivity index (χ4n) is 6.09. The molecule has 2 bridgehead atoms. The Morgan fingerprint density at radius 1 is 1.10 bits per heavy atom. The van der Waals surface area contributed by atoms with Gasteiger partial charge in [0.15, 0.2) is 5.13 Å². The number of thiazole rings is 1. The summed E-state index contributed by atoms with van der Waals surface area (Å²) in [5.41, 5.74) is 2.82. The molecule has 8 nitrogen and oxygen atoms in total. The molecular formula is C29H26F3N3O5S2. The number of halogens is 3. The van der Waals surface area contributed by atoms with E-state index in [1.54, 1.807) is 29.5 Å². The first-order valence-corrected chi connectivity index (χ1v) is 15.5. The second-order valence-electron chi connectivity index (χ2n) is 10.9. The van der Waals surface area contributed by atoms with Gasteiger partial charge in [0.2, 0.25) is 0 Å². The van der Waals surface area contributed by atoms with E-state index in [1.165, 1.54) is 23.5 Å². The molecule has 0 unspecified atom stereocenters. The van der Waals surface area contributed by atoms with Crippen LogP contribution >= 0.6 is 22.7 Å². The number of alkyl halides is 3. The number of carboxylic acid groups (broad SMARTS) is 1. The molecule has 3 atom stereocenters. The van der Waals surface area contributed by atoms with Crippen molar-refractivity contribution in [3.05, 3.63) is 57.3 Å². The highest BCUT2D eigenvalue weighted by Crippen LogP contribution is 2.47. The number of thiophene rings is 1. The molecule has 0 radical (unpaired) electrons. The molecule has 7 rings (SSSR count). The van der Waals surface area contributed by atoms with Crippen molar-refractivity contribution >= 4 is 33.8 Å². The molecule has 4 aromatic rings. The van der Waals surface area contributed by atoms with Crippen LogP contribution in [0.1, 0.15) is 65.4 Å². The van der Waals surface area contributed by atoms with Crippen molar-refractivity contribution in [2.24, 2.45) is 0 Å². The fraction of sp³-hybridized carbons (Fsp3) is 0.414. The van der Waals surface area contributed by atoms with Crippen molar-refractivity contribution in [3.8, 4) is 28.3 Å². The number of fused-ring (bicyclic) bond motifs is 2. The molecule has 5 heterocycles. The minimum absolute atomic E-state index is 0.0235. The fourth-order valence-corrected chi connectivity index (χ4v) is 7.81. The molecule has 2 saturated heterocycles. The zero-order valence-electron chi connectivity index (χ0n) is 22.2. The highest BCUT2D eigenvalue weighted by atomic mass is 32.1. The van der Waals surface area contributed by atoms with Crippen LogP contribution in [-0.4, -0.2) is 45.8 Å². The van der Waals surface area contributed by atoms with Crippen LogP contribution in [0.4, 0.5) is 18.3 Å². The summed E-state index contributed by atoms with van der Waals surface area (Å²) in [4.78, 5) is 18.8. The van der Waals surface area contributed by atoms with Gasteiger partial charge in [0.05, 0.1) is 18.4 Å². The van der Waals surface area contributed by atoms with E-state index in [2.05, 4.69) is 14.8 Å². The number of piperidine rings is 1. The Hall–Kier alpha value is -3.42. The lowest BCUT2D eigenvalue weighted by molar-refractivity contribution is -0.274. The topological polar surface area (TPSA) is 97.9 Å². The number of benzene rings is 1. The minimum Gasteiger partial charge on any atom is -0.477 e. The first-order valence-electron chi connectivity index (χ1n) is 13.7. The van der Waals surface area contributed by atoms with Crippen LogP contribution in [0.5, 0.6) is 5.75 Å². The van der Waals surface area contributed by atoms with Gasteiger partial charge >= 0.3 is 12.3 Å². The smallest absolute Gasteiger partial charge is 0.477 e. The van der Waals surface area contributed by atoms with E-state index >= 15 is 0 Å². The van der Waals surface area contributed by atoms with E-state index in [9.17, 15) is 23.1 Å². The molecule has 3 aromatic heterocycles. The Bertz CT molecular complexity index is 1600. The number of anilines is 1. The second-order valence-corrected chi connectivity index (χ2v) is 12.7. The molecule has 2 aliphatic heterocycles. The van der Waals surface area contributed by atoms with Crippen molar-refractivity contribution in [2.75, 3.05) is 4.90 Å². The molecule has 3 aliphatic rings. The summed E-state index contributed by atoms with van der Waals surface area (Å²) < 4.78 is 55.7. The lowest BCUT2D eigenvalue weighted by Crippen LogP contribution is -2.45. The largest absolute Gasteiger partial charge is 0.573 e. The number of hydrogen-bond acceptors (Lipinski definition) is 9. The molecule has 1 aromatic carbocycles.